The molecule has 7 nitrogen and oxygen atoms in total. The topological polar surface area (TPSA) is 67.7 Å². The molecule has 0 aliphatic carbocycles. The van der Waals surface area contributed by atoms with Crippen LogP contribution < -0.4 is 0 Å². The maximum Gasteiger partial charge on any atom is 0.410 e. The maximum atomic E-state index is 13.0. The second kappa shape index (κ2) is 10.1. The van der Waals surface area contributed by atoms with Crippen LogP contribution in [0.5, 0.6) is 0 Å². The first-order valence-corrected chi connectivity index (χ1v) is 11.0. The highest BCUT2D eigenvalue weighted by Gasteiger charge is 2.29. The molecule has 1 aromatic rings. The monoisotopic (exact) mass is 406 g/mol. The molecule has 0 aromatic carbocycles. The van der Waals surface area contributed by atoms with Crippen molar-refractivity contribution in [1.29, 1.82) is 0 Å². The van der Waals surface area contributed by atoms with Crippen molar-refractivity contribution in [3.05, 3.63) is 18.0 Å². The second-order valence-corrected chi connectivity index (χ2v) is 9.23. The van der Waals surface area contributed by atoms with E-state index < -0.39 is 5.60 Å². The van der Waals surface area contributed by atoms with Gasteiger partial charge in [0.05, 0.1) is 17.8 Å². The van der Waals surface area contributed by atoms with E-state index >= 15 is 0 Å². The van der Waals surface area contributed by atoms with Crippen LogP contribution in [0.1, 0.15) is 90.0 Å². The molecule has 1 saturated heterocycles. The summed E-state index contributed by atoms with van der Waals surface area (Å²) in [5.41, 5.74) is 0.109. The number of hydrogen-bond acceptors (Lipinski definition) is 4. The minimum atomic E-state index is -0.507. The predicted molar refractivity (Wildman–Crippen MR) is 114 cm³/mol. The lowest BCUT2D eigenvalue weighted by atomic mass is 10.1. The van der Waals surface area contributed by atoms with Crippen LogP contribution >= 0.6 is 0 Å². The number of aromatic nitrogens is 2. The summed E-state index contributed by atoms with van der Waals surface area (Å²) in [6, 6.07) is 0.213. The van der Waals surface area contributed by atoms with E-state index in [0.717, 1.165) is 38.6 Å². The van der Waals surface area contributed by atoms with Crippen LogP contribution in [0.15, 0.2) is 12.4 Å². The average molecular weight is 407 g/mol. The van der Waals surface area contributed by atoms with Crippen LogP contribution in [0.25, 0.3) is 0 Å². The summed E-state index contributed by atoms with van der Waals surface area (Å²) in [6.45, 7) is 13.9. The van der Waals surface area contributed by atoms with Gasteiger partial charge in [-0.25, -0.2) is 4.79 Å². The third-order valence-corrected chi connectivity index (χ3v) is 5.16. The summed E-state index contributed by atoms with van der Waals surface area (Å²) in [5.74, 6) is 0.0298. The molecule has 1 aliphatic heterocycles. The quantitative estimate of drug-likeness (QED) is 0.626. The van der Waals surface area contributed by atoms with Crippen LogP contribution in [0.2, 0.25) is 0 Å². The van der Waals surface area contributed by atoms with E-state index in [4.69, 9.17) is 4.74 Å². The van der Waals surface area contributed by atoms with Crippen molar-refractivity contribution < 1.29 is 14.3 Å². The molecule has 2 heterocycles. The van der Waals surface area contributed by atoms with E-state index in [0.29, 0.717) is 18.7 Å². The predicted octanol–water partition coefficient (Wildman–Crippen LogP) is 4.50. The standard InChI is InChI=1S/C22H38N4O3/c1-7-8-9-13-25(17(2)3)20(27)18-14-23-26(15-18)19-11-10-12-24(16-19)21(28)29-22(4,5)6/h14-15,17,19H,7-13,16H2,1-6H3. The molecule has 1 atom stereocenters. The molecule has 1 fully saturated rings. The molecule has 1 aromatic heterocycles. The Kier molecular flexibility index (Phi) is 8.11. The van der Waals surface area contributed by atoms with Gasteiger partial charge in [0, 0.05) is 31.9 Å². The molecule has 0 saturated carbocycles. The molecule has 0 radical (unpaired) electrons. The van der Waals surface area contributed by atoms with Crippen molar-refractivity contribution in [3.8, 4) is 0 Å². The van der Waals surface area contributed by atoms with Crippen molar-refractivity contribution in [2.24, 2.45) is 0 Å². The van der Waals surface area contributed by atoms with Crippen molar-refractivity contribution in [1.82, 2.24) is 19.6 Å². The molecular formula is C22H38N4O3. The summed E-state index contributed by atoms with van der Waals surface area (Å²) >= 11 is 0. The van der Waals surface area contributed by atoms with Gasteiger partial charge in [0.2, 0.25) is 0 Å². The van der Waals surface area contributed by atoms with Gasteiger partial charge < -0.3 is 14.5 Å². The third-order valence-electron chi connectivity index (χ3n) is 5.16. The Hall–Kier alpha value is -2.05. The molecule has 164 valence electrons. The van der Waals surface area contributed by atoms with E-state index in [1.807, 2.05) is 50.4 Å². The summed E-state index contributed by atoms with van der Waals surface area (Å²) in [5, 5.41) is 4.46. The van der Waals surface area contributed by atoms with Gasteiger partial charge in [-0.3, -0.25) is 9.48 Å². The first-order chi connectivity index (χ1) is 13.6. The Morgan fingerprint density at radius 1 is 1.31 bits per heavy atom. The van der Waals surface area contributed by atoms with Gasteiger partial charge in [0.25, 0.3) is 5.91 Å². The Morgan fingerprint density at radius 3 is 2.66 bits per heavy atom. The number of nitrogens with zero attached hydrogens (tertiary/aromatic N) is 4. The fourth-order valence-corrected chi connectivity index (χ4v) is 3.60. The van der Waals surface area contributed by atoms with Crippen LogP contribution in [0.4, 0.5) is 4.79 Å². The number of unbranched alkanes of at least 4 members (excludes halogenated alkanes) is 2. The van der Waals surface area contributed by atoms with Crippen molar-refractivity contribution >= 4 is 12.0 Å². The average Bonchev–Trinajstić information content (AvgIpc) is 3.13. The van der Waals surface area contributed by atoms with E-state index in [-0.39, 0.29) is 24.1 Å². The van der Waals surface area contributed by atoms with Gasteiger partial charge in [0.1, 0.15) is 5.60 Å². The highest BCUT2D eigenvalue weighted by Crippen LogP contribution is 2.23. The van der Waals surface area contributed by atoms with Gasteiger partial charge in [-0.05, 0) is 53.9 Å². The van der Waals surface area contributed by atoms with Crippen molar-refractivity contribution in [2.45, 2.75) is 91.3 Å². The van der Waals surface area contributed by atoms with E-state index in [1.54, 1.807) is 11.1 Å². The molecule has 7 heteroatoms. The lowest BCUT2D eigenvalue weighted by Crippen LogP contribution is -2.43. The largest absolute Gasteiger partial charge is 0.444 e. The lowest BCUT2D eigenvalue weighted by Gasteiger charge is -2.34. The number of amides is 2. The fourth-order valence-electron chi connectivity index (χ4n) is 3.60. The molecule has 1 aliphatic rings. The molecule has 1 unspecified atom stereocenters. The van der Waals surface area contributed by atoms with Gasteiger partial charge in [-0.1, -0.05) is 19.8 Å². The van der Waals surface area contributed by atoms with E-state index in [9.17, 15) is 9.59 Å². The maximum absolute atomic E-state index is 13.0. The minimum Gasteiger partial charge on any atom is -0.444 e. The van der Waals surface area contributed by atoms with Gasteiger partial charge in [0.15, 0.2) is 0 Å². The van der Waals surface area contributed by atoms with E-state index in [1.165, 1.54) is 0 Å². The number of carbonyl (C=O) groups excluding carboxylic acids is 2. The molecule has 29 heavy (non-hydrogen) atoms. The molecule has 2 amide bonds. The SMILES string of the molecule is CCCCCN(C(=O)c1cnn(C2CCCN(C(=O)OC(C)(C)C)C2)c1)C(C)C. The molecule has 0 spiro atoms. The van der Waals surface area contributed by atoms with Gasteiger partial charge >= 0.3 is 6.09 Å². The number of likely N-dealkylation sites (tertiary alicyclic amines) is 1. The number of hydrogen-bond donors (Lipinski definition) is 0. The minimum absolute atomic E-state index is 0.0298. The number of ether oxygens (including phenoxy) is 1. The summed E-state index contributed by atoms with van der Waals surface area (Å²) in [6.07, 6.45) is 8.30. The lowest BCUT2D eigenvalue weighted by molar-refractivity contribution is 0.0167. The Labute approximate surface area is 175 Å². The first-order valence-electron chi connectivity index (χ1n) is 11.0. The Morgan fingerprint density at radius 2 is 2.03 bits per heavy atom. The molecule has 0 N–H and O–H groups in total. The molecular weight excluding hydrogens is 368 g/mol. The molecule has 2 rings (SSSR count). The van der Waals surface area contributed by atoms with Crippen molar-refractivity contribution in [2.75, 3.05) is 19.6 Å². The highest BCUT2D eigenvalue weighted by molar-refractivity contribution is 5.93. The summed E-state index contributed by atoms with van der Waals surface area (Å²) < 4.78 is 7.35. The Balaban J connectivity index is 2.04. The third kappa shape index (κ3) is 6.75. The van der Waals surface area contributed by atoms with Gasteiger partial charge in [-0.15, -0.1) is 0 Å². The zero-order chi connectivity index (χ0) is 21.6. The van der Waals surface area contributed by atoms with E-state index in [2.05, 4.69) is 12.0 Å². The van der Waals surface area contributed by atoms with Crippen LogP contribution in [0, 0.1) is 0 Å². The van der Waals surface area contributed by atoms with Crippen molar-refractivity contribution in [3.63, 3.8) is 0 Å². The molecule has 0 bridgehead atoms. The second-order valence-electron chi connectivity index (χ2n) is 9.23. The zero-order valence-electron chi connectivity index (χ0n) is 19.0. The smallest absolute Gasteiger partial charge is 0.410 e. The fraction of sp³-hybridized carbons (Fsp3) is 0.773. The highest BCUT2D eigenvalue weighted by atomic mass is 16.6. The van der Waals surface area contributed by atoms with Crippen LogP contribution in [-0.4, -0.2) is 62.9 Å². The zero-order valence-corrected chi connectivity index (χ0v) is 19.0. The summed E-state index contributed by atoms with van der Waals surface area (Å²) in [4.78, 5) is 29.1. The number of carbonyl (C=O) groups is 2. The van der Waals surface area contributed by atoms with Crippen LogP contribution in [0.3, 0.4) is 0 Å². The number of piperidine rings is 1. The first kappa shape index (κ1) is 23.2. The normalized spacial score (nSPS) is 17.5. The summed E-state index contributed by atoms with van der Waals surface area (Å²) in [7, 11) is 0. The Bertz CT molecular complexity index is 678. The van der Waals surface area contributed by atoms with Gasteiger partial charge in [-0.2, -0.15) is 5.10 Å². The van der Waals surface area contributed by atoms with Crippen LogP contribution in [-0.2, 0) is 4.74 Å². The number of rotatable bonds is 7.